The van der Waals surface area contributed by atoms with Crippen LogP contribution < -0.4 is 9.64 Å². The lowest BCUT2D eigenvalue weighted by Gasteiger charge is -2.55. The Balaban J connectivity index is 1.98. The summed E-state index contributed by atoms with van der Waals surface area (Å²) in [6, 6.07) is 6.86. The van der Waals surface area contributed by atoms with Crippen LogP contribution in [0.2, 0.25) is 0 Å². The second-order valence-electron chi connectivity index (χ2n) is 6.15. The molecule has 2 aromatic heterocycles. The van der Waals surface area contributed by atoms with Crippen LogP contribution in [0.5, 0.6) is 6.01 Å². The molecule has 1 aliphatic heterocycles. The highest BCUT2D eigenvalue weighted by Crippen LogP contribution is 2.49. The van der Waals surface area contributed by atoms with Crippen molar-refractivity contribution in [3.8, 4) is 6.01 Å². The van der Waals surface area contributed by atoms with Crippen molar-refractivity contribution in [2.45, 2.75) is 26.8 Å². The van der Waals surface area contributed by atoms with E-state index in [1.807, 2.05) is 25.4 Å². The van der Waals surface area contributed by atoms with Crippen LogP contribution in [0.4, 0.5) is 5.82 Å². The first kappa shape index (κ1) is 13.8. The number of pyridine rings is 1. The highest BCUT2D eigenvalue weighted by atomic mass is 16.5. The first-order valence-electron chi connectivity index (χ1n) is 7.07. The lowest BCUT2D eigenvalue weighted by Crippen LogP contribution is -2.56. The van der Waals surface area contributed by atoms with Crippen molar-refractivity contribution in [1.29, 1.82) is 0 Å². The Morgan fingerprint density at radius 3 is 2.57 bits per heavy atom. The third-order valence-corrected chi connectivity index (χ3v) is 3.95. The van der Waals surface area contributed by atoms with Crippen molar-refractivity contribution in [2.75, 3.05) is 18.6 Å². The van der Waals surface area contributed by atoms with Crippen molar-refractivity contribution < 1.29 is 4.74 Å². The van der Waals surface area contributed by atoms with E-state index in [0.29, 0.717) is 12.1 Å². The second kappa shape index (κ2) is 4.98. The van der Waals surface area contributed by atoms with Gasteiger partial charge in [0.25, 0.3) is 0 Å². The number of hydrogen-bond donors (Lipinski definition) is 0. The number of hydrogen-bond acceptors (Lipinski definition) is 5. The van der Waals surface area contributed by atoms with Crippen LogP contribution in [0.15, 0.2) is 30.6 Å². The summed E-state index contributed by atoms with van der Waals surface area (Å²) in [7, 11) is 1.60. The molecule has 0 bridgehead atoms. The van der Waals surface area contributed by atoms with Crippen molar-refractivity contribution in [1.82, 2.24) is 15.0 Å². The van der Waals surface area contributed by atoms with E-state index in [1.54, 1.807) is 7.11 Å². The van der Waals surface area contributed by atoms with E-state index in [9.17, 15) is 0 Å². The summed E-state index contributed by atoms with van der Waals surface area (Å²) in [4.78, 5) is 15.2. The monoisotopic (exact) mass is 284 g/mol. The summed E-state index contributed by atoms with van der Waals surface area (Å²) in [5.41, 5.74) is 2.37. The minimum atomic E-state index is 0.202. The average molecular weight is 284 g/mol. The number of ether oxygens (including phenoxy) is 1. The molecule has 1 fully saturated rings. The molecule has 2 aromatic rings. The fourth-order valence-electron chi connectivity index (χ4n) is 3.08. The van der Waals surface area contributed by atoms with E-state index in [4.69, 9.17) is 4.74 Å². The lowest BCUT2D eigenvalue weighted by molar-refractivity contribution is 0.178. The van der Waals surface area contributed by atoms with Crippen LogP contribution in [-0.2, 0) is 0 Å². The third kappa shape index (κ3) is 2.44. The van der Waals surface area contributed by atoms with Crippen LogP contribution in [0.1, 0.15) is 31.1 Å². The van der Waals surface area contributed by atoms with Crippen LogP contribution in [0.3, 0.4) is 0 Å². The Morgan fingerprint density at radius 2 is 1.95 bits per heavy atom. The molecule has 3 heterocycles. The van der Waals surface area contributed by atoms with Gasteiger partial charge < -0.3 is 9.64 Å². The highest BCUT2D eigenvalue weighted by Gasteiger charge is 2.47. The highest BCUT2D eigenvalue weighted by molar-refractivity contribution is 5.49. The van der Waals surface area contributed by atoms with E-state index in [2.05, 4.69) is 45.8 Å². The molecule has 0 N–H and O–H groups in total. The number of aryl methyl sites for hydroxylation is 1. The number of rotatable bonds is 3. The molecule has 21 heavy (non-hydrogen) atoms. The molecule has 1 aliphatic rings. The van der Waals surface area contributed by atoms with Gasteiger partial charge in [0.15, 0.2) is 0 Å². The number of methoxy groups -OCH3 is 1. The van der Waals surface area contributed by atoms with Gasteiger partial charge in [0.1, 0.15) is 5.82 Å². The smallest absolute Gasteiger partial charge is 0.318 e. The molecule has 0 aliphatic carbocycles. The first-order valence-corrected chi connectivity index (χ1v) is 7.07. The van der Waals surface area contributed by atoms with E-state index < -0.39 is 0 Å². The van der Waals surface area contributed by atoms with Gasteiger partial charge in [0.05, 0.1) is 13.2 Å². The SMILES string of the molecule is COc1nc(C)cc(N2CC(C)(C)C2c2ccncc2)n1. The molecule has 3 rings (SSSR count). The Labute approximate surface area is 125 Å². The van der Waals surface area contributed by atoms with Gasteiger partial charge in [0.2, 0.25) is 0 Å². The predicted molar refractivity (Wildman–Crippen MR) is 81.4 cm³/mol. The average Bonchev–Trinajstić information content (AvgIpc) is 2.45. The summed E-state index contributed by atoms with van der Waals surface area (Å²) in [6.07, 6.45) is 3.68. The summed E-state index contributed by atoms with van der Waals surface area (Å²) < 4.78 is 5.19. The normalized spacial score (nSPS) is 20.0. The Bertz CT molecular complexity index is 642. The molecule has 1 atom stereocenters. The molecular weight excluding hydrogens is 264 g/mol. The maximum absolute atomic E-state index is 5.19. The minimum Gasteiger partial charge on any atom is -0.467 e. The van der Waals surface area contributed by atoms with Gasteiger partial charge in [0, 0.05) is 36.1 Å². The minimum absolute atomic E-state index is 0.202. The van der Waals surface area contributed by atoms with Gasteiger partial charge in [-0.2, -0.15) is 4.98 Å². The zero-order valence-corrected chi connectivity index (χ0v) is 12.9. The van der Waals surface area contributed by atoms with Crippen LogP contribution >= 0.6 is 0 Å². The van der Waals surface area contributed by atoms with Crippen molar-refractivity contribution in [2.24, 2.45) is 5.41 Å². The Kier molecular flexibility index (Phi) is 3.27. The van der Waals surface area contributed by atoms with Crippen LogP contribution in [-0.4, -0.2) is 28.6 Å². The molecule has 110 valence electrons. The van der Waals surface area contributed by atoms with Crippen LogP contribution in [0, 0.1) is 12.3 Å². The number of nitrogens with zero attached hydrogens (tertiary/aromatic N) is 4. The number of anilines is 1. The lowest BCUT2D eigenvalue weighted by atomic mass is 9.72. The molecule has 0 amide bonds. The molecule has 0 aromatic carbocycles. The van der Waals surface area contributed by atoms with E-state index in [0.717, 1.165) is 18.1 Å². The summed E-state index contributed by atoms with van der Waals surface area (Å²) in [5.74, 6) is 0.917. The first-order chi connectivity index (χ1) is 10.0. The maximum Gasteiger partial charge on any atom is 0.318 e. The van der Waals surface area contributed by atoms with Crippen molar-refractivity contribution >= 4 is 5.82 Å². The standard InChI is InChI=1S/C16H20N4O/c1-11-9-13(19-15(18-11)21-4)20-10-16(2,3)14(20)12-5-7-17-8-6-12/h5-9,14H,10H2,1-4H3. The van der Waals surface area contributed by atoms with Gasteiger partial charge in [-0.1, -0.05) is 13.8 Å². The third-order valence-electron chi connectivity index (χ3n) is 3.95. The Morgan fingerprint density at radius 1 is 1.24 bits per heavy atom. The molecular formula is C16H20N4O. The summed E-state index contributed by atoms with van der Waals surface area (Å²) >= 11 is 0. The van der Waals surface area contributed by atoms with Gasteiger partial charge in [-0.25, -0.2) is 4.98 Å². The van der Waals surface area contributed by atoms with Gasteiger partial charge >= 0.3 is 6.01 Å². The molecule has 1 unspecified atom stereocenters. The van der Waals surface area contributed by atoms with Crippen LogP contribution in [0.25, 0.3) is 0 Å². The van der Waals surface area contributed by atoms with Gasteiger partial charge in [-0.3, -0.25) is 4.98 Å². The zero-order chi connectivity index (χ0) is 15.0. The zero-order valence-electron chi connectivity index (χ0n) is 12.9. The molecule has 0 saturated carbocycles. The molecule has 5 heteroatoms. The van der Waals surface area contributed by atoms with Crippen molar-refractivity contribution in [3.05, 3.63) is 41.9 Å². The maximum atomic E-state index is 5.19. The molecule has 5 nitrogen and oxygen atoms in total. The van der Waals surface area contributed by atoms with Gasteiger partial charge in [-0.15, -0.1) is 0 Å². The molecule has 1 saturated heterocycles. The molecule has 0 radical (unpaired) electrons. The largest absolute Gasteiger partial charge is 0.467 e. The van der Waals surface area contributed by atoms with E-state index >= 15 is 0 Å². The summed E-state index contributed by atoms with van der Waals surface area (Å²) in [5, 5.41) is 0. The predicted octanol–water partition coefficient (Wildman–Crippen LogP) is 2.78. The number of aromatic nitrogens is 3. The quantitative estimate of drug-likeness (QED) is 0.867. The fourth-order valence-corrected chi connectivity index (χ4v) is 3.08. The summed E-state index contributed by atoms with van der Waals surface area (Å²) in [6.45, 7) is 7.47. The fraction of sp³-hybridized carbons (Fsp3) is 0.438. The second-order valence-corrected chi connectivity index (χ2v) is 6.15. The van der Waals surface area contributed by atoms with E-state index in [-0.39, 0.29) is 5.41 Å². The van der Waals surface area contributed by atoms with E-state index in [1.165, 1.54) is 5.56 Å². The topological polar surface area (TPSA) is 51.1 Å². The van der Waals surface area contributed by atoms with Gasteiger partial charge in [-0.05, 0) is 24.6 Å². The Hall–Kier alpha value is -2.17. The van der Waals surface area contributed by atoms with Crippen molar-refractivity contribution in [3.63, 3.8) is 0 Å². The molecule has 0 spiro atoms.